The molecule has 2 aromatic heterocycles. The zero-order chi connectivity index (χ0) is 31.4. The highest BCUT2D eigenvalue weighted by Gasteiger charge is 2.25. The Morgan fingerprint density at radius 3 is 2.58 bits per heavy atom. The maximum absolute atomic E-state index is 14.9. The first-order valence-electron chi connectivity index (χ1n) is 15.3. The zero-order valence-electron chi connectivity index (χ0n) is 25.2. The van der Waals surface area contributed by atoms with Crippen LogP contribution in [0.25, 0.3) is 11.3 Å². The lowest BCUT2D eigenvalue weighted by Gasteiger charge is -2.25. The summed E-state index contributed by atoms with van der Waals surface area (Å²) in [6.07, 6.45) is 7.23. The van der Waals surface area contributed by atoms with Gasteiger partial charge in [0, 0.05) is 17.5 Å². The topological polar surface area (TPSA) is 110 Å². The second-order valence-corrected chi connectivity index (χ2v) is 13.7. The molecule has 0 amide bonds. The highest BCUT2D eigenvalue weighted by atomic mass is 32.2. The molecule has 4 aromatic rings. The first kappa shape index (κ1) is 30.9. The minimum absolute atomic E-state index is 0.0667. The van der Waals surface area contributed by atoms with Gasteiger partial charge in [0.15, 0.2) is 17.3 Å². The average molecular weight is 634 g/mol. The molecule has 0 N–H and O–H groups in total. The van der Waals surface area contributed by atoms with Crippen LogP contribution in [0.5, 0.6) is 11.5 Å². The van der Waals surface area contributed by atoms with Crippen molar-refractivity contribution < 1.29 is 27.0 Å². The number of ether oxygens (including phenoxy) is 3. The molecule has 11 heteroatoms. The molecule has 1 aliphatic carbocycles. The number of nitrogens with zero attached hydrogens (tertiary/aromatic N) is 3. The van der Waals surface area contributed by atoms with Gasteiger partial charge in [-0.1, -0.05) is 55.7 Å². The van der Waals surface area contributed by atoms with Crippen molar-refractivity contribution in [1.29, 1.82) is 0 Å². The summed E-state index contributed by atoms with van der Waals surface area (Å²) < 4.78 is 60.4. The van der Waals surface area contributed by atoms with E-state index < -0.39 is 21.2 Å². The molecule has 1 aliphatic heterocycles. The predicted molar refractivity (Wildman–Crippen MR) is 166 cm³/mol. The van der Waals surface area contributed by atoms with Gasteiger partial charge in [0.25, 0.3) is 5.56 Å². The highest BCUT2D eigenvalue weighted by Crippen LogP contribution is 2.33. The Labute approximate surface area is 261 Å². The molecule has 6 rings (SSSR count). The van der Waals surface area contributed by atoms with Gasteiger partial charge in [0.1, 0.15) is 0 Å². The highest BCUT2D eigenvalue weighted by molar-refractivity contribution is 7.91. The summed E-state index contributed by atoms with van der Waals surface area (Å²) in [4.78, 5) is 21.3. The Kier molecular flexibility index (Phi) is 9.27. The molecule has 2 aromatic carbocycles. The maximum Gasteiger partial charge on any atom is 0.286 e. The molecule has 45 heavy (non-hydrogen) atoms. The Morgan fingerprint density at radius 1 is 1.00 bits per heavy atom. The molecule has 3 heterocycles. The second kappa shape index (κ2) is 13.5. The summed E-state index contributed by atoms with van der Waals surface area (Å²) in [5.41, 5.74) is 1.68. The molecular weight excluding hydrogens is 597 g/mol. The number of pyridine rings is 1. The van der Waals surface area contributed by atoms with Crippen LogP contribution >= 0.6 is 0 Å². The molecular formula is C34H36FN3O6S. The number of rotatable bonds is 11. The molecule has 0 bridgehead atoms. The van der Waals surface area contributed by atoms with E-state index in [1.54, 1.807) is 31.2 Å². The van der Waals surface area contributed by atoms with E-state index in [4.69, 9.17) is 14.2 Å². The van der Waals surface area contributed by atoms with Crippen molar-refractivity contribution >= 4 is 9.84 Å². The third-order valence-electron chi connectivity index (χ3n) is 8.32. The van der Waals surface area contributed by atoms with E-state index in [0.29, 0.717) is 35.3 Å². The van der Waals surface area contributed by atoms with Gasteiger partial charge in [-0.15, -0.1) is 0 Å². The van der Waals surface area contributed by atoms with Crippen LogP contribution in [0, 0.1) is 18.7 Å². The van der Waals surface area contributed by atoms with Gasteiger partial charge in [-0.3, -0.25) is 4.79 Å². The van der Waals surface area contributed by atoms with Gasteiger partial charge < -0.3 is 18.8 Å². The fourth-order valence-electron chi connectivity index (χ4n) is 5.89. The average Bonchev–Trinajstić information content (AvgIpc) is 3.52. The largest absolute Gasteiger partial charge is 0.454 e. The van der Waals surface area contributed by atoms with E-state index >= 15 is 0 Å². The van der Waals surface area contributed by atoms with E-state index in [0.717, 1.165) is 24.5 Å². The molecule has 236 valence electrons. The number of benzene rings is 2. The van der Waals surface area contributed by atoms with E-state index in [2.05, 4.69) is 9.97 Å². The molecule has 1 atom stereocenters. The second-order valence-electron chi connectivity index (χ2n) is 11.7. The van der Waals surface area contributed by atoms with E-state index in [9.17, 15) is 17.6 Å². The molecule has 9 nitrogen and oxygen atoms in total. The summed E-state index contributed by atoms with van der Waals surface area (Å²) in [5, 5.41) is -0.342. The van der Waals surface area contributed by atoms with Crippen LogP contribution in [0.15, 0.2) is 76.8 Å². The summed E-state index contributed by atoms with van der Waals surface area (Å²) in [5.74, 6) is 0.431. The Balaban J connectivity index is 1.22. The fourth-order valence-corrected chi connectivity index (χ4v) is 7.12. The number of sulfone groups is 1. The Hall–Kier alpha value is -4.09. The van der Waals surface area contributed by atoms with Gasteiger partial charge in [0.05, 0.1) is 30.7 Å². The first-order chi connectivity index (χ1) is 21.7. The molecule has 0 radical (unpaired) electrons. The lowest BCUT2D eigenvalue weighted by atomic mass is 9.90. The maximum atomic E-state index is 14.9. The standard InChI is InChI=1S/C34H36FN3O6S/c1-23-16-29(27-18-28(35)33(39)38(20-27)19-25-12-13-31-32(17-25)44-22-43-31)37-34(36-23)45(40,41)15-14-30(26-10-6-3-7-11-26)42-21-24-8-4-2-5-9-24/h3,6-7,10-13,16-18,20,24,30H,2,4-5,8-9,14-15,19,21-22H2,1H3. The van der Waals surface area contributed by atoms with E-state index in [1.807, 2.05) is 30.3 Å². The van der Waals surface area contributed by atoms with Crippen LogP contribution in [0.3, 0.4) is 0 Å². The van der Waals surface area contributed by atoms with Gasteiger partial charge in [-0.25, -0.2) is 22.8 Å². The number of hydrogen-bond donors (Lipinski definition) is 0. The van der Waals surface area contributed by atoms with Crippen molar-refractivity contribution in [3.05, 3.63) is 99.9 Å². The van der Waals surface area contributed by atoms with Gasteiger partial charge >= 0.3 is 0 Å². The molecule has 0 saturated heterocycles. The summed E-state index contributed by atoms with van der Waals surface area (Å²) in [7, 11) is -3.93. The molecule has 1 fully saturated rings. The molecule has 2 aliphatic rings. The zero-order valence-corrected chi connectivity index (χ0v) is 26.0. The molecule has 1 unspecified atom stereocenters. The number of hydrogen-bond acceptors (Lipinski definition) is 8. The van der Waals surface area contributed by atoms with Crippen LogP contribution in [0.1, 0.15) is 61.4 Å². The van der Waals surface area contributed by atoms with Crippen LogP contribution in [0.4, 0.5) is 4.39 Å². The van der Waals surface area contributed by atoms with Crippen LogP contribution in [-0.4, -0.2) is 42.1 Å². The summed E-state index contributed by atoms with van der Waals surface area (Å²) in [6.45, 7) is 2.43. The third-order valence-corrected chi connectivity index (χ3v) is 9.83. The minimum atomic E-state index is -3.93. The number of aromatic nitrogens is 3. The lowest BCUT2D eigenvalue weighted by Crippen LogP contribution is -2.23. The van der Waals surface area contributed by atoms with Crippen molar-refractivity contribution in [3.8, 4) is 22.8 Å². The Bertz CT molecular complexity index is 1820. The SMILES string of the molecule is Cc1cc(-c2cc(F)c(=O)n(Cc3ccc4c(c3)OCO4)c2)nc(S(=O)(=O)CCC(OCC2CCCCC2)c2ccccc2)n1. The minimum Gasteiger partial charge on any atom is -0.454 e. The smallest absolute Gasteiger partial charge is 0.286 e. The van der Waals surface area contributed by atoms with Crippen molar-refractivity contribution in [2.45, 2.75) is 63.3 Å². The lowest BCUT2D eigenvalue weighted by molar-refractivity contribution is 0.0179. The van der Waals surface area contributed by atoms with Crippen molar-refractivity contribution in [1.82, 2.24) is 14.5 Å². The van der Waals surface area contributed by atoms with Crippen molar-refractivity contribution in [2.75, 3.05) is 19.2 Å². The summed E-state index contributed by atoms with van der Waals surface area (Å²) >= 11 is 0. The van der Waals surface area contributed by atoms with Crippen LogP contribution in [-0.2, 0) is 21.1 Å². The van der Waals surface area contributed by atoms with Crippen LogP contribution in [0.2, 0.25) is 0 Å². The van der Waals surface area contributed by atoms with Crippen LogP contribution < -0.4 is 15.0 Å². The van der Waals surface area contributed by atoms with E-state index in [-0.39, 0.29) is 48.0 Å². The number of fused-ring (bicyclic) bond motifs is 1. The molecule has 1 saturated carbocycles. The number of aryl methyl sites for hydroxylation is 1. The van der Waals surface area contributed by atoms with Crippen molar-refractivity contribution in [2.24, 2.45) is 5.92 Å². The monoisotopic (exact) mass is 633 g/mol. The van der Waals surface area contributed by atoms with Gasteiger partial charge in [0.2, 0.25) is 21.8 Å². The third kappa shape index (κ3) is 7.42. The summed E-state index contributed by atoms with van der Waals surface area (Å²) in [6, 6.07) is 17.5. The van der Waals surface area contributed by atoms with Gasteiger partial charge in [-0.05, 0) is 67.5 Å². The predicted octanol–water partition coefficient (Wildman–Crippen LogP) is 6.03. The van der Waals surface area contributed by atoms with Crippen molar-refractivity contribution in [3.63, 3.8) is 0 Å². The normalized spacial score (nSPS) is 15.7. The quantitative estimate of drug-likeness (QED) is 0.184. The van der Waals surface area contributed by atoms with Gasteiger partial charge in [-0.2, -0.15) is 0 Å². The molecule has 0 spiro atoms. The first-order valence-corrected chi connectivity index (χ1v) is 16.9. The fraction of sp³-hybridized carbons (Fsp3) is 0.382. The number of halogens is 1. The Morgan fingerprint density at radius 2 is 1.78 bits per heavy atom. The van der Waals surface area contributed by atoms with E-state index in [1.165, 1.54) is 30.0 Å².